The summed E-state index contributed by atoms with van der Waals surface area (Å²) in [5.41, 5.74) is 0. The number of carbonyl (C=O) groups excluding carboxylic acids is 1. The van der Waals surface area contributed by atoms with Gasteiger partial charge in [-0.05, 0) is 83.5 Å². The number of aliphatic hydroxyl groups is 1. The Kier molecular flexibility index (Phi) is 34.8. The van der Waals surface area contributed by atoms with Gasteiger partial charge < -0.3 is 19.8 Å². The van der Waals surface area contributed by atoms with Gasteiger partial charge >= 0.3 is 7.82 Å². The number of nitrogens with zero attached hydrogens (tertiary/aromatic N) is 1. The Balaban J connectivity index is 4.62. The molecule has 3 unspecified atom stereocenters. The van der Waals surface area contributed by atoms with Crippen LogP contribution >= 0.6 is 7.82 Å². The predicted molar refractivity (Wildman–Crippen MR) is 230 cm³/mol. The molecule has 3 N–H and O–H groups in total. The molecule has 0 aromatic heterocycles. The molecule has 0 saturated carbocycles. The summed E-state index contributed by atoms with van der Waals surface area (Å²) in [4.78, 5) is 23.1. The van der Waals surface area contributed by atoms with Gasteiger partial charge in [-0.1, -0.05) is 137 Å². The van der Waals surface area contributed by atoms with E-state index in [1.165, 1.54) is 38.5 Å². The summed E-state index contributed by atoms with van der Waals surface area (Å²) in [5.74, 6) is -0.220. The molecule has 0 heterocycles. The average Bonchev–Trinajstić information content (AvgIpc) is 3.12. The number of rotatable bonds is 36. The topological polar surface area (TPSA) is 105 Å². The smallest absolute Gasteiger partial charge is 0.387 e. The molecule has 310 valence electrons. The Labute approximate surface area is 331 Å². The minimum atomic E-state index is -4.36. The van der Waals surface area contributed by atoms with Crippen molar-refractivity contribution in [1.82, 2.24) is 5.32 Å². The summed E-state index contributed by atoms with van der Waals surface area (Å²) in [7, 11) is 1.51. The second-order valence-electron chi connectivity index (χ2n) is 15.0. The van der Waals surface area contributed by atoms with E-state index >= 15 is 0 Å². The summed E-state index contributed by atoms with van der Waals surface area (Å²) in [6.07, 6.45) is 49.4. The maximum atomic E-state index is 12.8. The fraction of sp³-hybridized carbons (Fsp3) is 0.667. The molecule has 0 aromatic carbocycles. The van der Waals surface area contributed by atoms with Crippen LogP contribution < -0.4 is 5.32 Å². The van der Waals surface area contributed by atoms with Crippen LogP contribution in [0.5, 0.6) is 0 Å². The number of quaternary nitrogens is 1. The lowest BCUT2D eigenvalue weighted by Gasteiger charge is -2.25. The first-order valence-corrected chi connectivity index (χ1v) is 22.5. The number of amides is 1. The van der Waals surface area contributed by atoms with E-state index in [0.717, 1.165) is 83.5 Å². The lowest BCUT2D eigenvalue weighted by atomic mass is 10.1. The Bertz CT molecular complexity index is 1150. The van der Waals surface area contributed by atoms with Crippen LogP contribution in [-0.4, -0.2) is 73.4 Å². The average molecular weight is 776 g/mol. The lowest BCUT2D eigenvalue weighted by molar-refractivity contribution is -0.870. The number of phosphoric acid groups is 1. The monoisotopic (exact) mass is 776 g/mol. The molecule has 0 aliphatic rings. The summed E-state index contributed by atoms with van der Waals surface area (Å²) in [5, 5.41) is 13.7. The number of phosphoric ester groups is 1. The first-order chi connectivity index (χ1) is 26.0. The van der Waals surface area contributed by atoms with Crippen LogP contribution in [0.1, 0.15) is 142 Å². The largest absolute Gasteiger partial charge is 0.472 e. The second-order valence-corrected chi connectivity index (χ2v) is 16.4. The zero-order valence-electron chi connectivity index (χ0n) is 34.9. The zero-order chi connectivity index (χ0) is 40.0. The third-order valence-electron chi connectivity index (χ3n) is 8.58. The summed E-state index contributed by atoms with van der Waals surface area (Å²) in [6.45, 7) is 4.60. The maximum Gasteiger partial charge on any atom is 0.472 e. The van der Waals surface area contributed by atoms with Crippen LogP contribution in [0.4, 0.5) is 0 Å². The number of hydrogen-bond acceptors (Lipinski definition) is 5. The van der Waals surface area contributed by atoms with Crippen molar-refractivity contribution in [3.8, 4) is 0 Å². The predicted octanol–water partition coefficient (Wildman–Crippen LogP) is 11.4. The Morgan fingerprint density at radius 2 is 1.13 bits per heavy atom. The molecule has 0 fully saturated rings. The van der Waals surface area contributed by atoms with Gasteiger partial charge in [-0.3, -0.25) is 13.8 Å². The number of hydrogen-bond donors (Lipinski definition) is 3. The van der Waals surface area contributed by atoms with Crippen LogP contribution in [0.2, 0.25) is 0 Å². The van der Waals surface area contributed by atoms with Gasteiger partial charge in [0.15, 0.2) is 0 Å². The highest BCUT2D eigenvalue weighted by Gasteiger charge is 2.27. The number of unbranched alkanes of at least 4 members (excludes halogenated alkanes) is 11. The summed E-state index contributed by atoms with van der Waals surface area (Å²) in [6, 6.07) is -0.886. The van der Waals surface area contributed by atoms with E-state index in [4.69, 9.17) is 9.05 Å². The molecule has 9 heteroatoms. The molecule has 0 spiro atoms. The highest BCUT2D eigenvalue weighted by atomic mass is 31.2. The normalized spacial score (nSPS) is 15.3. The van der Waals surface area contributed by atoms with Crippen molar-refractivity contribution in [2.75, 3.05) is 40.9 Å². The van der Waals surface area contributed by atoms with Crippen LogP contribution in [0.15, 0.2) is 85.1 Å². The standard InChI is InChI=1S/C45H79N2O6P/c1-6-8-10-12-14-16-18-20-22-23-25-27-29-31-33-35-37-39-45(49)46-43(42-53-54(50,51)52-41-40-47(3,4)5)44(48)38-36-34-32-30-28-26-24-21-19-17-15-13-11-9-7-2/h8,10,14,16,19-22,25,27-28,30,36,38,43-44,48H,6-7,9,11-13,15,17-18,23-24,26,29,31-35,37,39-42H2,1-5H3,(H-,46,49,50,51)/p+1/b10-8-,16-14-,21-19+,22-20-,27-25-,30-28+,38-36+. The number of aliphatic hydroxyl groups excluding tert-OH is 1. The molecule has 8 nitrogen and oxygen atoms in total. The van der Waals surface area contributed by atoms with Crippen molar-refractivity contribution in [1.29, 1.82) is 0 Å². The van der Waals surface area contributed by atoms with E-state index in [0.29, 0.717) is 17.4 Å². The van der Waals surface area contributed by atoms with Crippen molar-refractivity contribution in [3.63, 3.8) is 0 Å². The Morgan fingerprint density at radius 3 is 1.69 bits per heavy atom. The third kappa shape index (κ3) is 38.0. The molecule has 54 heavy (non-hydrogen) atoms. The Hall–Kier alpha value is -2.32. The first kappa shape index (κ1) is 51.7. The number of nitrogens with one attached hydrogen (secondary N) is 1. The van der Waals surface area contributed by atoms with Gasteiger partial charge in [0.25, 0.3) is 0 Å². The van der Waals surface area contributed by atoms with Gasteiger partial charge in [0, 0.05) is 6.42 Å². The van der Waals surface area contributed by atoms with E-state index in [1.807, 2.05) is 27.2 Å². The van der Waals surface area contributed by atoms with Gasteiger partial charge in [0.2, 0.25) is 5.91 Å². The number of allylic oxidation sites excluding steroid dienone is 13. The van der Waals surface area contributed by atoms with Gasteiger partial charge in [-0.15, -0.1) is 0 Å². The number of likely N-dealkylation sites (N-methyl/N-ethyl adjacent to an activating group) is 1. The molecule has 0 saturated heterocycles. The first-order valence-electron chi connectivity index (χ1n) is 21.0. The molecule has 0 bridgehead atoms. The highest BCUT2D eigenvalue weighted by Crippen LogP contribution is 2.43. The molecule has 0 aliphatic carbocycles. The van der Waals surface area contributed by atoms with E-state index in [2.05, 4.69) is 92.1 Å². The molecular weight excluding hydrogens is 695 g/mol. The molecular formula is C45H80N2O6P+. The van der Waals surface area contributed by atoms with Gasteiger partial charge in [0.05, 0.1) is 39.9 Å². The summed E-state index contributed by atoms with van der Waals surface area (Å²) >= 11 is 0. The number of carbonyl (C=O) groups is 1. The SMILES string of the molecule is CC/C=C\C/C=C\C/C=C\C/C=C\CCCCCCC(=O)NC(COP(=O)(O)OCC[N+](C)(C)C)C(O)/C=C/CC/C=C/CC/C=C/CCCCCCC. The molecule has 0 aromatic rings. The quantitative estimate of drug-likeness (QED) is 0.0253. The lowest BCUT2D eigenvalue weighted by Crippen LogP contribution is -2.45. The fourth-order valence-corrected chi connectivity index (χ4v) is 5.97. The zero-order valence-corrected chi connectivity index (χ0v) is 35.8. The second kappa shape index (κ2) is 36.3. The molecule has 1 amide bonds. The van der Waals surface area contributed by atoms with Gasteiger partial charge in [0.1, 0.15) is 13.2 Å². The fourth-order valence-electron chi connectivity index (χ4n) is 5.24. The van der Waals surface area contributed by atoms with Crippen molar-refractivity contribution in [2.45, 2.75) is 154 Å². The van der Waals surface area contributed by atoms with E-state index < -0.39 is 20.0 Å². The van der Waals surface area contributed by atoms with Crippen molar-refractivity contribution in [3.05, 3.63) is 85.1 Å². The Morgan fingerprint density at radius 1 is 0.648 bits per heavy atom. The van der Waals surface area contributed by atoms with Gasteiger partial charge in [-0.2, -0.15) is 0 Å². The van der Waals surface area contributed by atoms with Crippen LogP contribution in [0, 0.1) is 0 Å². The minimum Gasteiger partial charge on any atom is -0.387 e. The highest BCUT2D eigenvalue weighted by molar-refractivity contribution is 7.47. The molecule has 0 rings (SSSR count). The minimum absolute atomic E-state index is 0.0436. The van der Waals surface area contributed by atoms with Crippen LogP contribution in [-0.2, 0) is 18.4 Å². The van der Waals surface area contributed by atoms with Crippen molar-refractivity contribution >= 4 is 13.7 Å². The maximum absolute atomic E-state index is 12.8. The molecule has 0 aliphatic heterocycles. The summed E-state index contributed by atoms with van der Waals surface area (Å²) < 4.78 is 23.5. The van der Waals surface area contributed by atoms with Crippen LogP contribution in [0.25, 0.3) is 0 Å². The van der Waals surface area contributed by atoms with Crippen molar-refractivity contribution in [2.24, 2.45) is 0 Å². The van der Waals surface area contributed by atoms with Gasteiger partial charge in [-0.25, -0.2) is 4.57 Å². The van der Waals surface area contributed by atoms with Crippen molar-refractivity contribution < 1.29 is 32.9 Å². The third-order valence-corrected chi connectivity index (χ3v) is 9.56. The molecule has 3 atom stereocenters. The molecule has 0 radical (unpaired) electrons. The van der Waals surface area contributed by atoms with E-state index in [-0.39, 0.29) is 19.1 Å². The van der Waals surface area contributed by atoms with E-state index in [9.17, 15) is 19.4 Å². The van der Waals surface area contributed by atoms with E-state index in [1.54, 1.807) is 6.08 Å². The van der Waals surface area contributed by atoms with Crippen LogP contribution in [0.3, 0.4) is 0 Å².